The second-order valence-corrected chi connectivity index (χ2v) is 7.54. The van der Waals surface area contributed by atoms with E-state index in [4.69, 9.17) is 21.5 Å². The van der Waals surface area contributed by atoms with Gasteiger partial charge in [-0.2, -0.15) is 10.2 Å². The van der Waals surface area contributed by atoms with E-state index >= 15 is 0 Å². The van der Waals surface area contributed by atoms with Crippen LogP contribution in [0.4, 0.5) is 27.9 Å². The SMILES string of the molecule is COC(=O)[C@H](CCc1nnnn1CCC#N)NC(=O)c1ccc(NC(=O)Nc2c(N)nc(N)[nH]c2=O)cn1. The number of esters is 1. The topological polar surface area (TPSA) is 275 Å². The summed E-state index contributed by atoms with van der Waals surface area (Å²) in [7, 11) is 1.18. The van der Waals surface area contributed by atoms with Gasteiger partial charge >= 0.3 is 12.0 Å². The van der Waals surface area contributed by atoms with Gasteiger partial charge in [0.15, 0.2) is 17.3 Å². The Balaban J connectivity index is 1.60. The van der Waals surface area contributed by atoms with Gasteiger partial charge in [0.1, 0.15) is 11.7 Å². The van der Waals surface area contributed by atoms with Gasteiger partial charge < -0.3 is 26.8 Å². The molecule has 8 N–H and O–H groups in total. The lowest BCUT2D eigenvalue weighted by Gasteiger charge is -2.16. The molecule has 0 aliphatic rings. The van der Waals surface area contributed by atoms with Crippen molar-refractivity contribution < 1.29 is 19.1 Å². The van der Waals surface area contributed by atoms with Crippen molar-refractivity contribution in [1.82, 2.24) is 40.5 Å². The Kier molecular flexibility index (Phi) is 8.80. The van der Waals surface area contributed by atoms with E-state index in [-0.39, 0.29) is 54.6 Å². The summed E-state index contributed by atoms with van der Waals surface area (Å²) < 4.78 is 6.22. The molecule has 1 atom stereocenters. The van der Waals surface area contributed by atoms with Gasteiger partial charge in [-0.3, -0.25) is 19.9 Å². The van der Waals surface area contributed by atoms with Crippen molar-refractivity contribution in [2.45, 2.75) is 31.8 Å². The van der Waals surface area contributed by atoms with Crippen molar-refractivity contribution in [2.75, 3.05) is 29.2 Å². The molecule has 38 heavy (non-hydrogen) atoms. The highest BCUT2D eigenvalue weighted by molar-refractivity contribution is 6.01. The summed E-state index contributed by atoms with van der Waals surface area (Å²) in [6.07, 6.45) is 1.74. The van der Waals surface area contributed by atoms with E-state index in [9.17, 15) is 19.2 Å². The predicted octanol–water partition coefficient (Wildman–Crippen LogP) is -1.22. The number of nitrogens with two attached hydrogens (primary N) is 2. The number of pyridine rings is 1. The van der Waals surface area contributed by atoms with Gasteiger partial charge in [0.25, 0.3) is 11.5 Å². The first-order valence-electron chi connectivity index (χ1n) is 10.9. The average molecular weight is 525 g/mol. The summed E-state index contributed by atoms with van der Waals surface area (Å²) in [6.45, 7) is 0.289. The average Bonchev–Trinajstić information content (AvgIpc) is 3.34. The number of hydrogen-bond donors (Lipinski definition) is 6. The highest BCUT2D eigenvalue weighted by atomic mass is 16.5. The molecule has 3 rings (SSSR count). The van der Waals surface area contributed by atoms with Crippen LogP contribution in [0.25, 0.3) is 0 Å². The highest BCUT2D eigenvalue weighted by Gasteiger charge is 2.24. The number of urea groups is 1. The number of carbonyl (C=O) groups is 3. The molecule has 3 heterocycles. The molecule has 0 aromatic carbocycles. The molecule has 18 heteroatoms. The molecule has 0 saturated carbocycles. The molecule has 3 amide bonds. The minimum Gasteiger partial charge on any atom is -0.467 e. The van der Waals surface area contributed by atoms with Crippen LogP contribution in [0.2, 0.25) is 0 Å². The summed E-state index contributed by atoms with van der Waals surface area (Å²) in [5.74, 6) is -1.40. The molecule has 198 valence electrons. The van der Waals surface area contributed by atoms with E-state index in [0.717, 1.165) is 0 Å². The van der Waals surface area contributed by atoms with Crippen molar-refractivity contribution in [3.8, 4) is 6.07 Å². The molecule has 0 saturated heterocycles. The molecular weight excluding hydrogens is 502 g/mol. The Bertz CT molecular complexity index is 1410. The zero-order chi connectivity index (χ0) is 27.7. The third kappa shape index (κ3) is 6.97. The van der Waals surface area contributed by atoms with Gasteiger partial charge in [-0.05, 0) is 29.0 Å². The Labute approximate surface area is 213 Å². The number of aromatic nitrogens is 7. The van der Waals surface area contributed by atoms with E-state index in [1.165, 1.54) is 30.1 Å². The van der Waals surface area contributed by atoms with Gasteiger partial charge in [0, 0.05) is 6.42 Å². The summed E-state index contributed by atoms with van der Waals surface area (Å²) in [5.41, 5.74) is 10.1. The second kappa shape index (κ2) is 12.4. The van der Waals surface area contributed by atoms with Crippen LogP contribution in [0.5, 0.6) is 0 Å². The fraction of sp³-hybridized carbons (Fsp3) is 0.300. The number of nitrogens with one attached hydrogen (secondary N) is 4. The quantitative estimate of drug-likeness (QED) is 0.169. The van der Waals surface area contributed by atoms with Crippen molar-refractivity contribution in [2.24, 2.45) is 0 Å². The van der Waals surface area contributed by atoms with Gasteiger partial charge in [-0.15, -0.1) is 5.10 Å². The monoisotopic (exact) mass is 525 g/mol. The molecule has 3 aromatic rings. The summed E-state index contributed by atoms with van der Waals surface area (Å²) in [4.78, 5) is 58.9. The number of aryl methyl sites for hydroxylation is 2. The van der Waals surface area contributed by atoms with Crippen LogP contribution in [0.3, 0.4) is 0 Å². The zero-order valence-electron chi connectivity index (χ0n) is 20.0. The fourth-order valence-electron chi connectivity index (χ4n) is 3.14. The Morgan fingerprint density at radius 1 is 1.26 bits per heavy atom. The first-order chi connectivity index (χ1) is 18.2. The zero-order valence-corrected chi connectivity index (χ0v) is 20.0. The van der Waals surface area contributed by atoms with Gasteiger partial charge in [-0.1, -0.05) is 0 Å². The van der Waals surface area contributed by atoms with E-state index in [1.54, 1.807) is 0 Å². The number of H-pyrrole nitrogens is 1. The van der Waals surface area contributed by atoms with Crippen LogP contribution in [-0.4, -0.2) is 66.2 Å². The van der Waals surface area contributed by atoms with Crippen molar-refractivity contribution in [3.63, 3.8) is 0 Å². The largest absolute Gasteiger partial charge is 0.467 e. The minimum absolute atomic E-state index is 0.0489. The molecule has 0 aliphatic heterocycles. The number of methoxy groups -OCH3 is 1. The molecule has 0 spiro atoms. The number of carbonyl (C=O) groups excluding carboxylic acids is 3. The number of tetrazole rings is 1. The number of anilines is 4. The van der Waals surface area contributed by atoms with E-state index in [0.29, 0.717) is 5.82 Å². The Morgan fingerprint density at radius 2 is 2.05 bits per heavy atom. The third-order valence-corrected chi connectivity index (χ3v) is 4.95. The Hall–Kier alpha value is -5.60. The lowest BCUT2D eigenvalue weighted by atomic mass is 10.1. The molecular formula is C20H23N13O5. The second-order valence-electron chi connectivity index (χ2n) is 7.54. The maximum Gasteiger partial charge on any atom is 0.328 e. The van der Waals surface area contributed by atoms with Gasteiger partial charge in [0.05, 0.1) is 38.0 Å². The number of nitrogen functional groups attached to an aromatic ring is 2. The molecule has 18 nitrogen and oxygen atoms in total. The predicted molar refractivity (Wildman–Crippen MR) is 130 cm³/mol. The molecule has 0 aliphatic carbocycles. The van der Waals surface area contributed by atoms with E-state index < -0.39 is 29.5 Å². The molecule has 0 bridgehead atoms. The van der Waals surface area contributed by atoms with Gasteiger partial charge in [0.2, 0.25) is 5.95 Å². The number of aromatic amines is 1. The normalized spacial score (nSPS) is 11.2. The highest BCUT2D eigenvalue weighted by Crippen LogP contribution is 2.12. The van der Waals surface area contributed by atoms with Crippen molar-refractivity contribution >= 4 is 41.0 Å². The smallest absolute Gasteiger partial charge is 0.328 e. The van der Waals surface area contributed by atoms with Crippen LogP contribution >= 0.6 is 0 Å². The van der Waals surface area contributed by atoms with E-state index in [1.807, 2.05) is 6.07 Å². The number of hydrogen-bond acceptors (Lipinski definition) is 13. The lowest BCUT2D eigenvalue weighted by molar-refractivity contribution is -0.143. The molecule has 3 aromatic heterocycles. The van der Waals surface area contributed by atoms with Crippen LogP contribution < -0.4 is 33.0 Å². The minimum atomic E-state index is -1.03. The molecule has 0 fully saturated rings. The number of nitriles is 1. The molecule has 0 radical (unpaired) electrons. The van der Waals surface area contributed by atoms with Gasteiger partial charge in [-0.25, -0.2) is 19.3 Å². The van der Waals surface area contributed by atoms with Crippen molar-refractivity contribution in [1.29, 1.82) is 5.26 Å². The summed E-state index contributed by atoms with van der Waals surface area (Å²) in [5, 5.41) is 27.2. The van der Waals surface area contributed by atoms with Crippen LogP contribution in [0, 0.1) is 11.3 Å². The van der Waals surface area contributed by atoms with E-state index in [2.05, 4.69) is 46.4 Å². The first-order valence-corrected chi connectivity index (χ1v) is 10.9. The summed E-state index contributed by atoms with van der Waals surface area (Å²) >= 11 is 0. The number of amides is 3. The first kappa shape index (κ1) is 27.0. The van der Waals surface area contributed by atoms with Crippen LogP contribution in [0.1, 0.15) is 29.2 Å². The summed E-state index contributed by atoms with van der Waals surface area (Å²) in [6, 6.07) is 2.83. The fourth-order valence-corrected chi connectivity index (χ4v) is 3.14. The van der Waals surface area contributed by atoms with Crippen LogP contribution in [0.15, 0.2) is 23.1 Å². The standard InChI is InChI=1S/C20H23N13O5/c1-38-18(36)12(5-6-13-30-31-32-33(13)8-2-7-21)26-16(34)11-4-3-10(9-24-11)25-20(37)27-14-15(22)28-19(23)29-17(14)35/h3-4,9,12H,2,5-6,8H2,1H3,(H,26,34)(H2,25,27,37)(H5,22,23,28,29,35)/t12-/m0/s1. The number of nitrogens with zero attached hydrogens (tertiary/aromatic N) is 7. The van der Waals surface area contributed by atoms with Crippen molar-refractivity contribution in [3.05, 3.63) is 40.2 Å². The third-order valence-electron chi connectivity index (χ3n) is 4.95. The Morgan fingerprint density at radius 3 is 2.71 bits per heavy atom. The molecule has 0 unspecified atom stereocenters. The maximum absolute atomic E-state index is 12.7. The number of rotatable bonds is 10. The lowest BCUT2D eigenvalue weighted by Crippen LogP contribution is -2.42. The van der Waals surface area contributed by atoms with Crippen LogP contribution in [-0.2, 0) is 22.5 Å². The number of ether oxygens (including phenoxy) is 1. The maximum atomic E-state index is 12.7.